The number of benzene rings is 2. The van der Waals surface area contributed by atoms with E-state index < -0.39 is 5.82 Å². The van der Waals surface area contributed by atoms with Gasteiger partial charge in [0, 0.05) is 5.69 Å². The molecule has 0 unspecified atom stereocenters. The molecular weight excluding hydrogens is 379 g/mol. The summed E-state index contributed by atoms with van der Waals surface area (Å²) in [5, 5.41) is 11.6. The lowest BCUT2D eigenvalue weighted by molar-refractivity contribution is -0.113. The van der Waals surface area contributed by atoms with Gasteiger partial charge in [-0.2, -0.15) is 0 Å². The molecular formula is C19H15FN6OS. The van der Waals surface area contributed by atoms with Crippen LogP contribution in [0.5, 0.6) is 0 Å². The van der Waals surface area contributed by atoms with Crippen LogP contribution in [0, 0.1) is 5.82 Å². The molecule has 1 amide bonds. The maximum atomic E-state index is 13.2. The summed E-state index contributed by atoms with van der Waals surface area (Å²) >= 11 is 1.23. The Morgan fingerprint density at radius 2 is 1.96 bits per heavy atom. The Labute approximate surface area is 164 Å². The minimum Gasteiger partial charge on any atom is -0.325 e. The second-order valence-corrected chi connectivity index (χ2v) is 6.89. The lowest BCUT2D eigenvalue weighted by Gasteiger charge is -2.05. The summed E-state index contributed by atoms with van der Waals surface area (Å²) in [4.78, 5) is 20.6. The van der Waals surface area contributed by atoms with E-state index in [1.54, 1.807) is 10.7 Å². The first kappa shape index (κ1) is 18.1. The molecule has 9 heteroatoms. The lowest BCUT2D eigenvalue weighted by Crippen LogP contribution is -2.14. The standard InChI is InChI=1S/C19H15FN6OS/c20-14-7-4-8-15(9-14)23-16(27)11-28-19-17-18(21-12-22-19)26(25-24-17)10-13-5-2-1-3-6-13/h1-9,12H,10-11H2,(H,23,27). The Kier molecular flexibility index (Phi) is 5.24. The van der Waals surface area contributed by atoms with E-state index in [4.69, 9.17) is 0 Å². The molecule has 4 aromatic rings. The highest BCUT2D eigenvalue weighted by Crippen LogP contribution is 2.23. The van der Waals surface area contributed by atoms with Crippen LogP contribution < -0.4 is 5.32 Å². The van der Waals surface area contributed by atoms with Gasteiger partial charge in [0.1, 0.15) is 17.2 Å². The zero-order valence-electron chi connectivity index (χ0n) is 14.6. The number of rotatable bonds is 6. The SMILES string of the molecule is O=C(CSc1ncnc2c1nnn2Cc1ccccc1)Nc1cccc(F)c1. The summed E-state index contributed by atoms with van der Waals surface area (Å²) in [5.41, 5.74) is 2.64. The molecule has 7 nitrogen and oxygen atoms in total. The van der Waals surface area contributed by atoms with Crippen molar-refractivity contribution in [1.82, 2.24) is 25.0 Å². The molecule has 0 aliphatic heterocycles. The van der Waals surface area contributed by atoms with E-state index in [1.165, 1.54) is 36.3 Å². The van der Waals surface area contributed by atoms with E-state index in [1.807, 2.05) is 30.3 Å². The van der Waals surface area contributed by atoms with Crippen molar-refractivity contribution in [3.63, 3.8) is 0 Å². The van der Waals surface area contributed by atoms with E-state index in [-0.39, 0.29) is 11.7 Å². The zero-order valence-corrected chi connectivity index (χ0v) is 15.4. The Morgan fingerprint density at radius 3 is 2.79 bits per heavy atom. The van der Waals surface area contributed by atoms with Crippen molar-refractivity contribution in [2.24, 2.45) is 0 Å². The van der Waals surface area contributed by atoms with Gasteiger partial charge in [-0.25, -0.2) is 19.0 Å². The molecule has 2 aromatic heterocycles. The van der Waals surface area contributed by atoms with Crippen LogP contribution in [0.2, 0.25) is 0 Å². The molecule has 0 spiro atoms. The van der Waals surface area contributed by atoms with Gasteiger partial charge in [-0.05, 0) is 23.8 Å². The van der Waals surface area contributed by atoms with Crippen molar-refractivity contribution in [3.05, 3.63) is 72.3 Å². The van der Waals surface area contributed by atoms with E-state index in [0.717, 1.165) is 5.56 Å². The lowest BCUT2D eigenvalue weighted by atomic mass is 10.2. The quantitative estimate of drug-likeness (QED) is 0.399. The number of thioether (sulfide) groups is 1. The molecule has 0 saturated carbocycles. The minimum absolute atomic E-state index is 0.105. The maximum Gasteiger partial charge on any atom is 0.234 e. The van der Waals surface area contributed by atoms with Gasteiger partial charge in [0.15, 0.2) is 11.2 Å². The van der Waals surface area contributed by atoms with Crippen molar-refractivity contribution in [3.8, 4) is 0 Å². The average Bonchev–Trinajstić information content (AvgIpc) is 3.11. The van der Waals surface area contributed by atoms with Crippen molar-refractivity contribution in [2.45, 2.75) is 11.6 Å². The summed E-state index contributed by atoms with van der Waals surface area (Å²) in [6.07, 6.45) is 1.43. The van der Waals surface area contributed by atoms with Crippen LogP contribution in [-0.4, -0.2) is 36.6 Å². The molecule has 4 rings (SSSR count). The molecule has 28 heavy (non-hydrogen) atoms. The van der Waals surface area contributed by atoms with Gasteiger partial charge >= 0.3 is 0 Å². The number of hydrogen-bond acceptors (Lipinski definition) is 6. The molecule has 2 heterocycles. The summed E-state index contributed by atoms with van der Waals surface area (Å²) < 4.78 is 14.9. The molecule has 1 N–H and O–H groups in total. The number of hydrogen-bond donors (Lipinski definition) is 1. The third-order valence-corrected chi connectivity index (χ3v) is 4.87. The molecule has 0 saturated heterocycles. The number of fused-ring (bicyclic) bond motifs is 1. The van der Waals surface area contributed by atoms with E-state index >= 15 is 0 Å². The highest BCUT2D eigenvalue weighted by atomic mass is 32.2. The number of nitrogens with zero attached hydrogens (tertiary/aromatic N) is 5. The van der Waals surface area contributed by atoms with Gasteiger partial charge in [-0.1, -0.05) is 53.4 Å². The zero-order chi connectivity index (χ0) is 19.3. The predicted molar refractivity (Wildman–Crippen MR) is 104 cm³/mol. The maximum absolute atomic E-state index is 13.2. The average molecular weight is 394 g/mol. The second kappa shape index (κ2) is 8.13. The van der Waals surface area contributed by atoms with Gasteiger partial charge in [-0.3, -0.25) is 4.79 Å². The fourth-order valence-corrected chi connectivity index (χ4v) is 3.37. The van der Waals surface area contributed by atoms with Gasteiger partial charge in [0.2, 0.25) is 5.91 Å². The van der Waals surface area contributed by atoms with E-state index in [2.05, 4.69) is 25.6 Å². The van der Waals surface area contributed by atoms with Gasteiger partial charge < -0.3 is 5.32 Å². The van der Waals surface area contributed by atoms with Crippen molar-refractivity contribution in [2.75, 3.05) is 11.1 Å². The third kappa shape index (κ3) is 4.15. The van der Waals surface area contributed by atoms with E-state index in [9.17, 15) is 9.18 Å². The number of amides is 1. The highest BCUT2D eigenvalue weighted by Gasteiger charge is 2.14. The van der Waals surface area contributed by atoms with E-state index in [0.29, 0.717) is 28.4 Å². The number of anilines is 1. The molecule has 0 aliphatic rings. The Morgan fingerprint density at radius 1 is 1.11 bits per heavy atom. The summed E-state index contributed by atoms with van der Waals surface area (Å²) in [5.74, 6) is -0.564. The first-order valence-electron chi connectivity index (χ1n) is 8.45. The predicted octanol–water partition coefficient (Wildman–Crippen LogP) is 3.14. The molecule has 0 radical (unpaired) electrons. The van der Waals surface area contributed by atoms with Crippen LogP contribution in [-0.2, 0) is 11.3 Å². The third-order valence-electron chi connectivity index (χ3n) is 3.89. The Balaban J connectivity index is 1.46. The normalized spacial score (nSPS) is 10.9. The number of carbonyl (C=O) groups excluding carboxylic acids is 1. The molecule has 0 fully saturated rings. The first-order valence-corrected chi connectivity index (χ1v) is 9.44. The summed E-state index contributed by atoms with van der Waals surface area (Å²) in [6, 6.07) is 15.6. The van der Waals surface area contributed by atoms with Gasteiger partial charge in [-0.15, -0.1) is 5.10 Å². The molecule has 140 valence electrons. The summed E-state index contributed by atoms with van der Waals surface area (Å²) in [6.45, 7) is 0.540. The second-order valence-electron chi connectivity index (χ2n) is 5.93. The monoisotopic (exact) mass is 394 g/mol. The van der Waals surface area contributed by atoms with Crippen LogP contribution in [0.4, 0.5) is 10.1 Å². The highest BCUT2D eigenvalue weighted by molar-refractivity contribution is 8.00. The number of aromatic nitrogens is 5. The van der Waals surface area contributed by atoms with Crippen LogP contribution in [0.1, 0.15) is 5.56 Å². The number of nitrogens with one attached hydrogen (secondary N) is 1. The fraction of sp³-hybridized carbons (Fsp3) is 0.105. The Bertz CT molecular complexity index is 1120. The smallest absolute Gasteiger partial charge is 0.234 e. The topological polar surface area (TPSA) is 85.6 Å². The minimum atomic E-state index is -0.405. The van der Waals surface area contributed by atoms with Crippen LogP contribution in [0.25, 0.3) is 11.2 Å². The molecule has 2 aromatic carbocycles. The Hall–Kier alpha value is -3.33. The van der Waals surface area contributed by atoms with Crippen molar-refractivity contribution < 1.29 is 9.18 Å². The first-order chi connectivity index (χ1) is 13.7. The number of halogens is 1. The molecule has 0 bridgehead atoms. The van der Waals surface area contributed by atoms with Crippen molar-refractivity contribution >= 4 is 34.5 Å². The van der Waals surface area contributed by atoms with Gasteiger partial charge in [0.05, 0.1) is 12.3 Å². The summed E-state index contributed by atoms with van der Waals surface area (Å²) in [7, 11) is 0. The molecule has 0 atom stereocenters. The van der Waals surface area contributed by atoms with Crippen molar-refractivity contribution in [1.29, 1.82) is 0 Å². The van der Waals surface area contributed by atoms with Crippen LogP contribution >= 0.6 is 11.8 Å². The van der Waals surface area contributed by atoms with Gasteiger partial charge in [0.25, 0.3) is 0 Å². The van der Waals surface area contributed by atoms with Crippen LogP contribution in [0.3, 0.4) is 0 Å². The fourth-order valence-electron chi connectivity index (χ4n) is 2.64. The largest absolute Gasteiger partial charge is 0.325 e. The van der Waals surface area contributed by atoms with Crippen LogP contribution in [0.15, 0.2) is 66.0 Å². The molecule has 0 aliphatic carbocycles. The number of carbonyl (C=O) groups is 1.